The fraction of sp³-hybridized carbons (Fsp3) is 0.737. The molecule has 2 heteroatoms. The third kappa shape index (κ3) is 7.50. The number of rotatable bonds is 8. The van der Waals surface area contributed by atoms with Gasteiger partial charge in [0.1, 0.15) is 0 Å². The van der Waals surface area contributed by atoms with Crippen LogP contribution in [0.1, 0.15) is 67.2 Å². The number of hydrogen-bond donors (Lipinski definition) is 0. The van der Waals surface area contributed by atoms with E-state index in [9.17, 15) is 4.79 Å². The number of carbonyl (C=O) groups is 1. The summed E-state index contributed by atoms with van der Waals surface area (Å²) in [6, 6.07) is 0. The van der Waals surface area contributed by atoms with Crippen molar-refractivity contribution in [1.29, 1.82) is 0 Å². The normalized spacial score (nSPS) is 22.6. The molecule has 1 saturated carbocycles. The summed E-state index contributed by atoms with van der Waals surface area (Å²) in [4.78, 5) is 11.5. The highest BCUT2D eigenvalue weighted by Crippen LogP contribution is 2.54. The minimum absolute atomic E-state index is 0.0581. The van der Waals surface area contributed by atoms with Crippen molar-refractivity contribution in [3.05, 3.63) is 23.8 Å². The van der Waals surface area contributed by atoms with E-state index in [0.29, 0.717) is 11.3 Å². The third-order valence-corrected chi connectivity index (χ3v) is 4.34. The summed E-state index contributed by atoms with van der Waals surface area (Å²) >= 11 is 0. The van der Waals surface area contributed by atoms with Gasteiger partial charge >= 0.3 is 5.97 Å². The van der Waals surface area contributed by atoms with Crippen LogP contribution in [0.5, 0.6) is 0 Å². The van der Waals surface area contributed by atoms with Gasteiger partial charge in [-0.05, 0) is 62.9 Å². The summed E-state index contributed by atoms with van der Waals surface area (Å²) in [6.07, 6.45) is 10.8. The van der Waals surface area contributed by atoms with Crippen LogP contribution in [-0.4, -0.2) is 12.1 Å². The van der Waals surface area contributed by atoms with Crippen LogP contribution in [0, 0.1) is 17.3 Å². The Morgan fingerprint density at radius 1 is 1.33 bits per heavy atom. The molecule has 2 atom stereocenters. The Kier molecular flexibility index (Phi) is 6.70. The maximum absolute atomic E-state index is 11.5. The van der Waals surface area contributed by atoms with Crippen LogP contribution in [0.25, 0.3) is 0 Å². The van der Waals surface area contributed by atoms with Crippen LogP contribution >= 0.6 is 0 Å². The minimum Gasteiger partial charge on any atom is -0.460 e. The Labute approximate surface area is 130 Å². The predicted molar refractivity (Wildman–Crippen MR) is 89.0 cm³/mol. The maximum atomic E-state index is 11.5. The van der Waals surface area contributed by atoms with Gasteiger partial charge in [-0.1, -0.05) is 39.3 Å². The molecule has 0 N–H and O–H groups in total. The summed E-state index contributed by atoms with van der Waals surface area (Å²) in [5.41, 5.74) is 1.56. The van der Waals surface area contributed by atoms with Gasteiger partial charge in [0.25, 0.3) is 0 Å². The first-order chi connectivity index (χ1) is 9.70. The average Bonchev–Trinajstić information content (AvgIpc) is 2.93. The molecule has 21 heavy (non-hydrogen) atoms. The predicted octanol–water partition coefficient (Wildman–Crippen LogP) is 5.29. The lowest BCUT2D eigenvalue weighted by molar-refractivity contribution is -0.141. The Bertz CT molecular complexity index is 402. The number of carbonyl (C=O) groups excluding carboxylic acids is 1. The molecule has 0 saturated heterocycles. The summed E-state index contributed by atoms with van der Waals surface area (Å²) in [6.45, 7) is 12.7. The van der Waals surface area contributed by atoms with Crippen LogP contribution in [0.15, 0.2) is 23.8 Å². The molecule has 0 heterocycles. The second-order valence-corrected chi connectivity index (χ2v) is 7.58. The van der Waals surface area contributed by atoms with E-state index >= 15 is 0 Å². The highest BCUT2D eigenvalue weighted by molar-refractivity contribution is 5.83. The first-order valence-corrected chi connectivity index (χ1v) is 8.26. The molecular formula is C19H32O2. The standard InChI is InChI=1S/C19H32O2/c1-14(2)21-18(20)12-16(4)9-7-8-15(3)10-11-17-13-19(17,5)6/h7,9,12,14-15,17H,8,10-11,13H2,1-6H3/b9-7+,16-12+. The first-order valence-electron chi connectivity index (χ1n) is 8.26. The highest BCUT2D eigenvalue weighted by atomic mass is 16.5. The van der Waals surface area contributed by atoms with Crippen molar-refractivity contribution in [1.82, 2.24) is 0 Å². The summed E-state index contributed by atoms with van der Waals surface area (Å²) in [5, 5.41) is 0. The van der Waals surface area contributed by atoms with Gasteiger partial charge < -0.3 is 4.74 Å². The highest BCUT2D eigenvalue weighted by Gasteiger charge is 2.44. The van der Waals surface area contributed by atoms with Crippen LogP contribution in [0.3, 0.4) is 0 Å². The third-order valence-electron chi connectivity index (χ3n) is 4.34. The Balaban J connectivity index is 2.23. The first kappa shape index (κ1) is 18.0. The van der Waals surface area contributed by atoms with Gasteiger partial charge in [0.05, 0.1) is 6.10 Å². The molecule has 0 amide bonds. The van der Waals surface area contributed by atoms with Crippen LogP contribution in [-0.2, 0) is 9.53 Å². The van der Waals surface area contributed by atoms with Gasteiger partial charge in [-0.25, -0.2) is 4.79 Å². The molecule has 0 bridgehead atoms. The summed E-state index contributed by atoms with van der Waals surface area (Å²) < 4.78 is 5.09. The lowest BCUT2D eigenvalue weighted by Gasteiger charge is -2.09. The molecule has 0 aromatic heterocycles. The molecule has 0 aromatic carbocycles. The Morgan fingerprint density at radius 2 is 1.95 bits per heavy atom. The van der Waals surface area contributed by atoms with Gasteiger partial charge in [0.2, 0.25) is 0 Å². The molecule has 0 aliphatic heterocycles. The SMILES string of the molecule is CC(/C=C/CC(C)CCC1CC1(C)C)=C\C(=O)OC(C)C. The quantitative estimate of drug-likeness (QED) is 0.345. The molecule has 0 radical (unpaired) electrons. The molecule has 0 spiro atoms. The summed E-state index contributed by atoms with van der Waals surface area (Å²) in [7, 11) is 0. The lowest BCUT2D eigenvalue weighted by atomic mass is 9.97. The smallest absolute Gasteiger partial charge is 0.331 e. The monoisotopic (exact) mass is 292 g/mol. The van der Waals surface area contributed by atoms with Crippen molar-refractivity contribution in [2.75, 3.05) is 0 Å². The van der Waals surface area contributed by atoms with Crippen molar-refractivity contribution in [2.24, 2.45) is 17.3 Å². The van der Waals surface area contributed by atoms with Crippen molar-refractivity contribution < 1.29 is 9.53 Å². The van der Waals surface area contributed by atoms with Crippen LogP contribution in [0.4, 0.5) is 0 Å². The van der Waals surface area contributed by atoms with Crippen molar-refractivity contribution in [3.8, 4) is 0 Å². The lowest BCUT2D eigenvalue weighted by Crippen LogP contribution is -2.08. The number of esters is 1. The molecule has 120 valence electrons. The van der Waals surface area contributed by atoms with Gasteiger partial charge in [-0.3, -0.25) is 0 Å². The van der Waals surface area contributed by atoms with E-state index in [-0.39, 0.29) is 12.1 Å². The fourth-order valence-electron chi connectivity index (χ4n) is 2.66. The molecule has 2 nitrogen and oxygen atoms in total. The zero-order valence-corrected chi connectivity index (χ0v) is 14.6. The van der Waals surface area contributed by atoms with Gasteiger partial charge in [-0.2, -0.15) is 0 Å². The van der Waals surface area contributed by atoms with E-state index in [1.165, 1.54) is 19.3 Å². The Hall–Kier alpha value is -1.05. The van der Waals surface area contributed by atoms with E-state index in [1.807, 2.05) is 26.8 Å². The van der Waals surface area contributed by atoms with Crippen LogP contribution in [0.2, 0.25) is 0 Å². The largest absolute Gasteiger partial charge is 0.460 e. The molecule has 0 aromatic rings. The molecule has 2 unspecified atom stereocenters. The molecule has 1 rings (SSSR count). The second-order valence-electron chi connectivity index (χ2n) is 7.58. The van der Waals surface area contributed by atoms with E-state index in [1.54, 1.807) is 6.08 Å². The van der Waals surface area contributed by atoms with Crippen molar-refractivity contribution in [3.63, 3.8) is 0 Å². The number of ether oxygens (including phenoxy) is 1. The zero-order valence-electron chi connectivity index (χ0n) is 14.6. The Morgan fingerprint density at radius 3 is 2.48 bits per heavy atom. The molecule has 1 fully saturated rings. The zero-order chi connectivity index (χ0) is 16.0. The van der Waals surface area contributed by atoms with E-state index < -0.39 is 0 Å². The van der Waals surface area contributed by atoms with Crippen molar-refractivity contribution in [2.45, 2.75) is 73.3 Å². The van der Waals surface area contributed by atoms with E-state index in [2.05, 4.69) is 26.8 Å². The van der Waals surface area contributed by atoms with Crippen LogP contribution < -0.4 is 0 Å². The topological polar surface area (TPSA) is 26.3 Å². The van der Waals surface area contributed by atoms with Gasteiger partial charge in [0, 0.05) is 6.08 Å². The van der Waals surface area contributed by atoms with E-state index in [4.69, 9.17) is 4.74 Å². The molecule has 1 aliphatic rings. The summed E-state index contributed by atoms with van der Waals surface area (Å²) in [5.74, 6) is 1.40. The minimum atomic E-state index is -0.254. The van der Waals surface area contributed by atoms with Gasteiger partial charge in [-0.15, -0.1) is 0 Å². The van der Waals surface area contributed by atoms with Gasteiger partial charge in [0.15, 0.2) is 0 Å². The molecule has 1 aliphatic carbocycles. The molecular weight excluding hydrogens is 260 g/mol. The number of hydrogen-bond acceptors (Lipinski definition) is 2. The number of allylic oxidation sites excluding steroid dienone is 3. The second kappa shape index (κ2) is 7.82. The maximum Gasteiger partial charge on any atom is 0.331 e. The van der Waals surface area contributed by atoms with E-state index in [0.717, 1.165) is 17.9 Å². The average molecular weight is 292 g/mol. The fourth-order valence-corrected chi connectivity index (χ4v) is 2.66. The van der Waals surface area contributed by atoms with Crippen molar-refractivity contribution >= 4 is 5.97 Å².